The maximum atomic E-state index is 11.6. The Morgan fingerprint density at radius 3 is 2.71 bits per heavy atom. The first-order chi connectivity index (χ1) is 8.33. The maximum absolute atomic E-state index is 11.6. The van der Waals surface area contributed by atoms with Gasteiger partial charge < -0.3 is 8.97 Å². The van der Waals surface area contributed by atoms with Crippen LogP contribution in [0.25, 0.3) is 5.65 Å². The molecule has 0 aromatic carbocycles. The molecule has 0 saturated carbocycles. The molecular weight excluding hydrogens is 214 g/mol. The van der Waals surface area contributed by atoms with E-state index in [-0.39, 0.29) is 5.56 Å². The van der Waals surface area contributed by atoms with Crippen molar-refractivity contribution in [3.63, 3.8) is 0 Å². The molecule has 0 bridgehead atoms. The van der Waals surface area contributed by atoms with Gasteiger partial charge >= 0.3 is 0 Å². The molecule has 3 heterocycles. The molecule has 4 nitrogen and oxygen atoms in total. The molecule has 0 saturated heterocycles. The standard InChI is InChI=1S/C13H11N3O/c17-13-6-2-4-8-16(13)10-11-9-15-7-3-1-5-12(15)14-11/h1-9H,10H2. The van der Waals surface area contributed by atoms with Gasteiger partial charge in [-0.05, 0) is 18.2 Å². The molecule has 0 unspecified atom stereocenters. The van der Waals surface area contributed by atoms with E-state index in [0.29, 0.717) is 6.54 Å². The molecule has 3 rings (SSSR count). The van der Waals surface area contributed by atoms with Gasteiger partial charge in [0.05, 0.1) is 12.2 Å². The normalized spacial score (nSPS) is 10.8. The molecular formula is C13H11N3O. The minimum absolute atomic E-state index is 0.00967. The van der Waals surface area contributed by atoms with Crippen molar-refractivity contribution in [2.45, 2.75) is 6.54 Å². The van der Waals surface area contributed by atoms with Gasteiger partial charge in [0.2, 0.25) is 0 Å². The second-order valence-corrected chi connectivity index (χ2v) is 3.87. The van der Waals surface area contributed by atoms with Gasteiger partial charge in [0.25, 0.3) is 5.56 Å². The number of pyridine rings is 2. The molecule has 0 aliphatic rings. The van der Waals surface area contributed by atoms with E-state index in [1.165, 1.54) is 0 Å². The average Bonchev–Trinajstić information content (AvgIpc) is 2.74. The number of imidazole rings is 1. The Hall–Kier alpha value is -2.36. The quantitative estimate of drug-likeness (QED) is 0.663. The first-order valence-corrected chi connectivity index (χ1v) is 5.41. The Labute approximate surface area is 97.8 Å². The molecule has 0 atom stereocenters. The Balaban J connectivity index is 2.00. The van der Waals surface area contributed by atoms with Crippen molar-refractivity contribution >= 4 is 5.65 Å². The van der Waals surface area contributed by atoms with Gasteiger partial charge in [0, 0.05) is 24.7 Å². The summed E-state index contributed by atoms with van der Waals surface area (Å²) in [5, 5.41) is 0. The van der Waals surface area contributed by atoms with Gasteiger partial charge in [-0.3, -0.25) is 4.79 Å². The Morgan fingerprint density at radius 1 is 1.06 bits per heavy atom. The van der Waals surface area contributed by atoms with Crippen LogP contribution in [0.15, 0.2) is 59.8 Å². The summed E-state index contributed by atoms with van der Waals surface area (Å²) in [6.07, 6.45) is 5.65. The number of rotatable bonds is 2. The predicted octanol–water partition coefficient (Wildman–Crippen LogP) is 1.54. The topological polar surface area (TPSA) is 39.3 Å². The number of nitrogens with zero attached hydrogens (tertiary/aromatic N) is 3. The number of hydrogen-bond acceptors (Lipinski definition) is 2. The minimum atomic E-state index is -0.00967. The lowest BCUT2D eigenvalue weighted by Gasteiger charge is -2.00. The molecule has 3 aromatic heterocycles. The van der Waals surface area contributed by atoms with E-state index in [1.807, 2.05) is 41.1 Å². The molecule has 3 aromatic rings. The highest BCUT2D eigenvalue weighted by Gasteiger charge is 2.02. The van der Waals surface area contributed by atoms with E-state index in [4.69, 9.17) is 0 Å². The summed E-state index contributed by atoms with van der Waals surface area (Å²) >= 11 is 0. The Kier molecular flexibility index (Phi) is 2.26. The smallest absolute Gasteiger partial charge is 0.250 e. The average molecular weight is 225 g/mol. The van der Waals surface area contributed by atoms with Crippen LogP contribution in [0, 0.1) is 0 Å². The van der Waals surface area contributed by atoms with Gasteiger partial charge in [0.1, 0.15) is 5.65 Å². The van der Waals surface area contributed by atoms with Crippen LogP contribution in [0.1, 0.15) is 5.69 Å². The third kappa shape index (κ3) is 1.85. The van der Waals surface area contributed by atoms with Crippen molar-refractivity contribution in [1.82, 2.24) is 14.0 Å². The van der Waals surface area contributed by atoms with E-state index in [0.717, 1.165) is 11.3 Å². The molecule has 0 aliphatic heterocycles. The van der Waals surface area contributed by atoms with Crippen LogP contribution >= 0.6 is 0 Å². The highest BCUT2D eigenvalue weighted by atomic mass is 16.1. The van der Waals surface area contributed by atoms with Crippen LogP contribution in [-0.4, -0.2) is 14.0 Å². The van der Waals surface area contributed by atoms with Crippen LogP contribution in [0.3, 0.4) is 0 Å². The van der Waals surface area contributed by atoms with Crippen LogP contribution in [0.5, 0.6) is 0 Å². The lowest BCUT2D eigenvalue weighted by atomic mass is 10.4. The van der Waals surface area contributed by atoms with Crippen molar-refractivity contribution in [3.8, 4) is 0 Å². The van der Waals surface area contributed by atoms with E-state index >= 15 is 0 Å². The van der Waals surface area contributed by atoms with Crippen molar-refractivity contribution in [1.29, 1.82) is 0 Å². The largest absolute Gasteiger partial charge is 0.309 e. The summed E-state index contributed by atoms with van der Waals surface area (Å²) in [6.45, 7) is 0.501. The zero-order chi connectivity index (χ0) is 11.7. The monoisotopic (exact) mass is 225 g/mol. The second kappa shape index (κ2) is 3.90. The molecule has 0 spiro atoms. The summed E-state index contributed by atoms with van der Waals surface area (Å²) in [7, 11) is 0. The molecule has 17 heavy (non-hydrogen) atoms. The number of fused-ring (bicyclic) bond motifs is 1. The summed E-state index contributed by atoms with van der Waals surface area (Å²) in [5.41, 5.74) is 1.76. The SMILES string of the molecule is O=c1ccccn1Cc1cn2ccccc2n1. The van der Waals surface area contributed by atoms with E-state index in [1.54, 1.807) is 22.9 Å². The summed E-state index contributed by atoms with van der Waals surface area (Å²) in [5.74, 6) is 0. The summed E-state index contributed by atoms with van der Waals surface area (Å²) in [4.78, 5) is 16.0. The van der Waals surface area contributed by atoms with Crippen LogP contribution in [0.2, 0.25) is 0 Å². The Morgan fingerprint density at radius 2 is 1.88 bits per heavy atom. The fraction of sp³-hybridized carbons (Fsp3) is 0.0769. The van der Waals surface area contributed by atoms with Crippen LogP contribution in [0.4, 0.5) is 0 Å². The highest BCUT2D eigenvalue weighted by molar-refractivity contribution is 5.39. The van der Waals surface area contributed by atoms with E-state index < -0.39 is 0 Å². The molecule has 0 aliphatic carbocycles. The lowest BCUT2D eigenvalue weighted by molar-refractivity contribution is 0.744. The molecule has 0 N–H and O–H groups in total. The fourth-order valence-electron chi connectivity index (χ4n) is 1.83. The van der Waals surface area contributed by atoms with Gasteiger partial charge in [-0.25, -0.2) is 4.98 Å². The zero-order valence-electron chi connectivity index (χ0n) is 9.15. The molecule has 84 valence electrons. The first-order valence-electron chi connectivity index (χ1n) is 5.41. The molecule has 0 fully saturated rings. The van der Waals surface area contributed by atoms with Gasteiger partial charge in [-0.2, -0.15) is 0 Å². The van der Waals surface area contributed by atoms with Gasteiger partial charge in [0.15, 0.2) is 0 Å². The minimum Gasteiger partial charge on any atom is -0.309 e. The van der Waals surface area contributed by atoms with E-state index in [2.05, 4.69) is 4.98 Å². The first kappa shape index (κ1) is 9.84. The lowest BCUT2D eigenvalue weighted by Crippen LogP contribution is -2.18. The maximum Gasteiger partial charge on any atom is 0.250 e. The summed E-state index contributed by atoms with van der Waals surface area (Å²) < 4.78 is 3.59. The third-order valence-electron chi connectivity index (χ3n) is 2.65. The van der Waals surface area contributed by atoms with Crippen molar-refractivity contribution in [3.05, 3.63) is 71.0 Å². The Bertz CT molecular complexity index is 679. The van der Waals surface area contributed by atoms with Crippen LogP contribution < -0.4 is 5.56 Å². The number of aromatic nitrogens is 3. The zero-order valence-corrected chi connectivity index (χ0v) is 9.15. The van der Waals surface area contributed by atoms with Gasteiger partial charge in [-0.1, -0.05) is 12.1 Å². The van der Waals surface area contributed by atoms with Crippen molar-refractivity contribution in [2.24, 2.45) is 0 Å². The van der Waals surface area contributed by atoms with Crippen LogP contribution in [-0.2, 0) is 6.54 Å². The molecule has 0 amide bonds. The van der Waals surface area contributed by atoms with E-state index in [9.17, 15) is 4.79 Å². The number of hydrogen-bond donors (Lipinski definition) is 0. The van der Waals surface area contributed by atoms with Gasteiger partial charge in [-0.15, -0.1) is 0 Å². The second-order valence-electron chi connectivity index (χ2n) is 3.87. The highest BCUT2D eigenvalue weighted by Crippen LogP contribution is 2.05. The molecule has 0 radical (unpaired) electrons. The fourth-order valence-corrected chi connectivity index (χ4v) is 1.83. The predicted molar refractivity (Wildman–Crippen MR) is 65.0 cm³/mol. The van der Waals surface area contributed by atoms with Crippen molar-refractivity contribution < 1.29 is 0 Å². The summed E-state index contributed by atoms with van der Waals surface area (Å²) in [6, 6.07) is 11.0. The third-order valence-corrected chi connectivity index (χ3v) is 2.65. The van der Waals surface area contributed by atoms with Crippen molar-refractivity contribution in [2.75, 3.05) is 0 Å². The molecule has 4 heteroatoms.